The first kappa shape index (κ1) is 10.2. The maximum Gasteiger partial charge on any atom is 0.389 e. The molecule has 0 N–H and O–H groups in total. The largest absolute Gasteiger partial charge is 0.389 e. The number of ketones is 1. The van der Waals surface area contributed by atoms with Crippen LogP contribution < -0.4 is 0 Å². The molecule has 0 unspecified atom stereocenters. The lowest BCUT2D eigenvalue weighted by Gasteiger charge is -2.02. The molecule has 64 valence electrons. The monoisotopic (exact) mass is 166 g/mol. The zero-order chi connectivity index (χ0) is 8.91. The van der Waals surface area contributed by atoms with E-state index in [0.717, 1.165) is 6.08 Å². The zero-order valence-corrected chi connectivity index (χ0v) is 6.11. The Kier molecular flexibility index (Phi) is 3.85. The molecule has 11 heavy (non-hydrogen) atoms. The second kappa shape index (κ2) is 4.16. The molecule has 0 aliphatic heterocycles. The van der Waals surface area contributed by atoms with Crippen molar-refractivity contribution in [1.82, 2.24) is 0 Å². The number of hydrogen-bond acceptors (Lipinski definition) is 1. The van der Waals surface area contributed by atoms with E-state index in [1.807, 2.05) is 0 Å². The Balaban J connectivity index is 3.63. The number of carbonyl (C=O) groups excluding carboxylic acids is 1. The van der Waals surface area contributed by atoms with E-state index in [1.165, 1.54) is 6.08 Å². The third kappa shape index (κ3) is 7.09. The standard InChI is InChI=1S/C7H9F3O/c1-2-3-6(11)4-5-7(8,9)10/h2-3H,4-5H2,1H3/b3-2+. The van der Waals surface area contributed by atoms with Gasteiger partial charge >= 0.3 is 6.18 Å². The summed E-state index contributed by atoms with van der Waals surface area (Å²) in [6.45, 7) is 1.59. The summed E-state index contributed by atoms with van der Waals surface area (Å²) in [5, 5.41) is 0. The molecule has 0 aromatic carbocycles. The molecule has 4 heteroatoms. The molecule has 0 saturated carbocycles. The normalized spacial score (nSPS) is 12.4. The van der Waals surface area contributed by atoms with Gasteiger partial charge in [-0.25, -0.2) is 0 Å². The first-order valence-corrected chi connectivity index (χ1v) is 3.18. The fourth-order valence-electron chi connectivity index (χ4n) is 0.534. The second-order valence-corrected chi connectivity index (χ2v) is 2.08. The lowest BCUT2D eigenvalue weighted by atomic mass is 10.2. The van der Waals surface area contributed by atoms with Crippen LogP contribution in [0.15, 0.2) is 12.2 Å². The predicted octanol–water partition coefficient (Wildman–Crippen LogP) is 2.47. The number of rotatable bonds is 3. The second-order valence-electron chi connectivity index (χ2n) is 2.08. The van der Waals surface area contributed by atoms with Gasteiger partial charge in [-0.15, -0.1) is 0 Å². The van der Waals surface area contributed by atoms with Crippen LogP contribution in [0.2, 0.25) is 0 Å². The lowest BCUT2D eigenvalue weighted by molar-refractivity contribution is -0.141. The summed E-state index contributed by atoms with van der Waals surface area (Å²) in [5.41, 5.74) is 0. The molecular weight excluding hydrogens is 157 g/mol. The summed E-state index contributed by atoms with van der Waals surface area (Å²) < 4.78 is 34.4. The van der Waals surface area contributed by atoms with Gasteiger partial charge in [-0.1, -0.05) is 6.08 Å². The van der Waals surface area contributed by atoms with Crippen LogP contribution in [0.5, 0.6) is 0 Å². The van der Waals surface area contributed by atoms with E-state index in [9.17, 15) is 18.0 Å². The summed E-state index contributed by atoms with van der Waals surface area (Å²) >= 11 is 0. The summed E-state index contributed by atoms with van der Waals surface area (Å²) in [4.78, 5) is 10.5. The Hall–Kier alpha value is -0.800. The van der Waals surface area contributed by atoms with Gasteiger partial charge in [0.1, 0.15) is 0 Å². The molecule has 0 atom stereocenters. The molecule has 0 bridgehead atoms. The third-order valence-corrected chi connectivity index (χ3v) is 1.01. The van der Waals surface area contributed by atoms with E-state index < -0.39 is 24.8 Å². The zero-order valence-electron chi connectivity index (χ0n) is 6.11. The van der Waals surface area contributed by atoms with E-state index in [2.05, 4.69) is 0 Å². The van der Waals surface area contributed by atoms with Gasteiger partial charge in [0.2, 0.25) is 0 Å². The quantitative estimate of drug-likeness (QED) is 0.588. The van der Waals surface area contributed by atoms with E-state index >= 15 is 0 Å². The van der Waals surface area contributed by atoms with Crippen LogP contribution in [0.1, 0.15) is 19.8 Å². The summed E-state index contributed by atoms with van der Waals surface area (Å²) in [6, 6.07) is 0. The Bertz CT molecular complexity index is 158. The van der Waals surface area contributed by atoms with Gasteiger partial charge in [0.25, 0.3) is 0 Å². The van der Waals surface area contributed by atoms with Gasteiger partial charge in [0.05, 0.1) is 6.42 Å². The SMILES string of the molecule is C/C=C/C(=O)CCC(F)(F)F. The Morgan fingerprint density at radius 3 is 2.36 bits per heavy atom. The molecule has 0 aromatic rings. The van der Waals surface area contributed by atoms with Crippen molar-refractivity contribution in [3.63, 3.8) is 0 Å². The molecule has 0 aromatic heterocycles. The molecule has 0 saturated heterocycles. The molecule has 1 nitrogen and oxygen atoms in total. The van der Waals surface area contributed by atoms with E-state index in [4.69, 9.17) is 0 Å². The van der Waals surface area contributed by atoms with Crippen molar-refractivity contribution in [3.05, 3.63) is 12.2 Å². The van der Waals surface area contributed by atoms with Crippen molar-refractivity contribution >= 4 is 5.78 Å². The van der Waals surface area contributed by atoms with Crippen LogP contribution in [-0.2, 0) is 4.79 Å². The summed E-state index contributed by atoms with van der Waals surface area (Å²) in [7, 11) is 0. The summed E-state index contributed by atoms with van der Waals surface area (Å²) in [5.74, 6) is -0.482. The molecule has 0 aliphatic rings. The summed E-state index contributed by atoms with van der Waals surface area (Å²) in [6.07, 6.45) is -3.13. The lowest BCUT2D eigenvalue weighted by Crippen LogP contribution is -2.09. The highest BCUT2D eigenvalue weighted by Crippen LogP contribution is 2.21. The van der Waals surface area contributed by atoms with Crippen LogP contribution >= 0.6 is 0 Å². The van der Waals surface area contributed by atoms with Crippen LogP contribution in [-0.4, -0.2) is 12.0 Å². The maximum atomic E-state index is 11.5. The number of halogens is 3. The Labute approximate surface area is 62.9 Å². The highest BCUT2D eigenvalue weighted by molar-refractivity contribution is 5.89. The van der Waals surface area contributed by atoms with Gasteiger partial charge in [0, 0.05) is 6.42 Å². The van der Waals surface area contributed by atoms with E-state index in [1.54, 1.807) is 6.92 Å². The van der Waals surface area contributed by atoms with E-state index in [0.29, 0.717) is 0 Å². The smallest absolute Gasteiger partial charge is 0.295 e. The minimum Gasteiger partial charge on any atom is -0.295 e. The van der Waals surface area contributed by atoms with Crippen molar-refractivity contribution in [2.45, 2.75) is 25.9 Å². The van der Waals surface area contributed by atoms with Gasteiger partial charge < -0.3 is 0 Å². The van der Waals surface area contributed by atoms with Crippen molar-refractivity contribution < 1.29 is 18.0 Å². The molecule has 0 radical (unpaired) electrons. The van der Waals surface area contributed by atoms with Crippen LogP contribution in [0.3, 0.4) is 0 Å². The highest BCUT2D eigenvalue weighted by atomic mass is 19.4. The van der Waals surface area contributed by atoms with Crippen LogP contribution in [0.4, 0.5) is 13.2 Å². The van der Waals surface area contributed by atoms with Gasteiger partial charge in [-0.3, -0.25) is 4.79 Å². The van der Waals surface area contributed by atoms with Crippen molar-refractivity contribution in [3.8, 4) is 0 Å². The minimum atomic E-state index is -4.22. The highest BCUT2D eigenvalue weighted by Gasteiger charge is 2.27. The van der Waals surface area contributed by atoms with Crippen LogP contribution in [0, 0.1) is 0 Å². The van der Waals surface area contributed by atoms with Crippen LogP contribution in [0.25, 0.3) is 0 Å². The maximum absolute atomic E-state index is 11.5. The molecule has 0 fully saturated rings. The first-order chi connectivity index (χ1) is 4.95. The number of carbonyl (C=O) groups is 1. The molecular formula is C7H9F3O. The first-order valence-electron chi connectivity index (χ1n) is 3.18. The average molecular weight is 166 g/mol. The predicted molar refractivity (Wildman–Crippen MR) is 35.1 cm³/mol. The fraction of sp³-hybridized carbons (Fsp3) is 0.571. The van der Waals surface area contributed by atoms with Gasteiger partial charge in [0.15, 0.2) is 5.78 Å². The van der Waals surface area contributed by atoms with Crippen molar-refractivity contribution in [1.29, 1.82) is 0 Å². The van der Waals surface area contributed by atoms with Gasteiger partial charge in [-0.2, -0.15) is 13.2 Å². The van der Waals surface area contributed by atoms with Crippen molar-refractivity contribution in [2.24, 2.45) is 0 Å². The van der Waals surface area contributed by atoms with E-state index in [-0.39, 0.29) is 0 Å². The molecule has 0 rings (SSSR count). The Morgan fingerprint density at radius 1 is 1.45 bits per heavy atom. The van der Waals surface area contributed by atoms with Crippen molar-refractivity contribution in [2.75, 3.05) is 0 Å². The molecule has 0 spiro atoms. The Morgan fingerprint density at radius 2 is 2.00 bits per heavy atom. The number of hydrogen-bond donors (Lipinski definition) is 0. The average Bonchev–Trinajstić information content (AvgIpc) is 1.83. The fourth-order valence-corrected chi connectivity index (χ4v) is 0.534. The molecule has 0 heterocycles. The number of alkyl halides is 3. The third-order valence-electron chi connectivity index (χ3n) is 1.01. The topological polar surface area (TPSA) is 17.1 Å². The van der Waals surface area contributed by atoms with Gasteiger partial charge in [-0.05, 0) is 13.0 Å². The minimum absolute atomic E-state index is 0.451. The number of allylic oxidation sites excluding steroid dienone is 2. The molecule has 0 amide bonds. The molecule has 0 aliphatic carbocycles.